The topological polar surface area (TPSA) is 45.4 Å². The number of aromatic nitrogens is 1. The summed E-state index contributed by atoms with van der Waals surface area (Å²) in [4.78, 5) is 9.40. The van der Waals surface area contributed by atoms with Crippen LogP contribution in [-0.2, 0) is 6.54 Å². The van der Waals surface area contributed by atoms with Gasteiger partial charge in [-0.15, -0.1) is 0 Å². The van der Waals surface area contributed by atoms with Crippen LogP contribution >= 0.6 is 0 Å². The van der Waals surface area contributed by atoms with Gasteiger partial charge in [0.15, 0.2) is 0 Å². The summed E-state index contributed by atoms with van der Waals surface area (Å²) >= 11 is 0. The number of rotatable bonds is 4. The van der Waals surface area contributed by atoms with Gasteiger partial charge in [0, 0.05) is 31.4 Å². The third kappa shape index (κ3) is 2.82. The van der Waals surface area contributed by atoms with Crippen molar-refractivity contribution in [2.24, 2.45) is 5.73 Å². The van der Waals surface area contributed by atoms with E-state index in [4.69, 9.17) is 10.7 Å². The first kappa shape index (κ1) is 13.3. The average Bonchev–Trinajstić information content (AvgIpc) is 2.76. The van der Waals surface area contributed by atoms with E-state index in [0.717, 1.165) is 30.2 Å². The van der Waals surface area contributed by atoms with Crippen molar-refractivity contribution in [1.29, 1.82) is 0 Å². The number of nitrogens with zero attached hydrogens (tertiary/aromatic N) is 3. The fourth-order valence-corrected chi connectivity index (χ4v) is 2.70. The molecule has 0 bridgehead atoms. The first-order valence-electron chi connectivity index (χ1n) is 6.69. The van der Waals surface area contributed by atoms with Crippen LogP contribution in [0.3, 0.4) is 0 Å². The lowest BCUT2D eigenvalue weighted by atomic mass is 10.2. The molecule has 0 saturated carbocycles. The van der Waals surface area contributed by atoms with Gasteiger partial charge in [-0.25, -0.2) is 4.98 Å². The van der Waals surface area contributed by atoms with E-state index in [-0.39, 0.29) is 0 Å². The normalized spacial score (nSPS) is 19.8. The zero-order valence-corrected chi connectivity index (χ0v) is 11.7. The number of hydrogen-bond donors (Lipinski definition) is 1. The molecule has 0 radical (unpaired) electrons. The highest BCUT2D eigenvalue weighted by atomic mass is 15.3. The Morgan fingerprint density at radius 2 is 2.22 bits per heavy atom. The van der Waals surface area contributed by atoms with Crippen molar-refractivity contribution < 1.29 is 0 Å². The summed E-state index contributed by atoms with van der Waals surface area (Å²) in [5.74, 6) is 1.11. The van der Waals surface area contributed by atoms with Crippen LogP contribution in [0, 0.1) is 6.92 Å². The lowest BCUT2D eigenvalue weighted by Crippen LogP contribution is -2.38. The van der Waals surface area contributed by atoms with Gasteiger partial charge >= 0.3 is 0 Å². The summed E-state index contributed by atoms with van der Waals surface area (Å²) in [6.45, 7) is 4.83. The minimum Gasteiger partial charge on any atom is -0.352 e. The Kier molecular flexibility index (Phi) is 4.19. The highest BCUT2D eigenvalue weighted by Crippen LogP contribution is 2.25. The van der Waals surface area contributed by atoms with Crippen LogP contribution in [0.5, 0.6) is 0 Å². The molecule has 2 heterocycles. The Labute approximate surface area is 110 Å². The number of likely N-dealkylation sites (N-methyl/N-ethyl adjacent to an activating group) is 1. The molecule has 2 N–H and O–H groups in total. The maximum Gasteiger partial charge on any atom is 0.129 e. The molecule has 4 nitrogen and oxygen atoms in total. The third-order valence-electron chi connectivity index (χ3n) is 3.65. The van der Waals surface area contributed by atoms with Crippen molar-refractivity contribution in [1.82, 2.24) is 9.88 Å². The highest BCUT2D eigenvalue weighted by Gasteiger charge is 2.26. The molecule has 1 atom stereocenters. The van der Waals surface area contributed by atoms with Crippen LogP contribution < -0.4 is 10.6 Å². The molecule has 1 aliphatic heterocycles. The molecule has 100 valence electrons. The number of nitrogens with two attached hydrogens (primary N) is 1. The lowest BCUT2D eigenvalue weighted by Gasteiger charge is -2.28. The van der Waals surface area contributed by atoms with E-state index >= 15 is 0 Å². The Hall–Kier alpha value is -1.13. The van der Waals surface area contributed by atoms with E-state index in [1.165, 1.54) is 12.8 Å². The highest BCUT2D eigenvalue weighted by molar-refractivity contribution is 5.44. The van der Waals surface area contributed by atoms with Crippen molar-refractivity contribution in [3.8, 4) is 0 Å². The summed E-state index contributed by atoms with van der Waals surface area (Å²) in [5.41, 5.74) is 7.89. The number of hydrogen-bond acceptors (Lipinski definition) is 4. The van der Waals surface area contributed by atoms with E-state index < -0.39 is 0 Å². The molecule has 2 rings (SSSR count). The molecular weight excluding hydrogens is 224 g/mol. The second-order valence-electron chi connectivity index (χ2n) is 5.37. The van der Waals surface area contributed by atoms with Gasteiger partial charge in [-0.1, -0.05) is 6.07 Å². The predicted octanol–water partition coefficient (Wildman–Crippen LogP) is 1.38. The van der Waals surface area contributed by atoms with Crippen LogP contribution in [0.25, 0.3) is 0 Å². The Morgan fingerprint density at radius 1 is 1.44 bits per heavy atom. The predicted molar refractivity (Wildman–Crippen MR) is 75.8 cm³/mol. The van der Waals surface area contributed by atoms with E-state index in [2.05, 4.69) is 36.0 Å². The van der Waals surface area contributed by atoms with Gasteiger partial charge in [0.1, 0.15) is 5.82 Å². The van der Waals surface area contributed by atoms with Gasteiger partial charge in [0.25, 0.3) is 0 Å². The molecule has 1 aromatic heterocycles. The Bertz CT molecular complexity index is 403. The van der Waals surface area contributed by atoms with E-state index in [1.54, 1.807) is 0 Å². The largest absolute Gasteiger partial charge is 0.352 e. The van der Waals surface area contributed by atoms with Gasteiger partial charge in [-0.2, -0.15) is 0 Å². The van der Waals surface area contributed by atoms with Crippen LogP contribution in [0.1, 0.15) is 24.1 Å². The van der Waals surface area contributed by atoms with Crippen LogP contribution in [-0.4, -0.2) is 43.1 Å². The lowest BCUT2D eigenvalue weighted by molar-refractivity contribution is 0.371. The van der Waals surface area contributed by atoms with Gasteiger partial charge in [-0.05, 0) is 45.5 Å². The summed E-state index contributed by atoms with van der Waals surface area (Å²) in [7, 11) is 4.26. The molecular formula is C14H24N4. The molecule has 1 aromatic rings. The first-order valence-corrected chi connectivity index (χ1v) is 6.69. The third-order valence-corrected chi connectivity index (χ3v) is 3.65. The van der Waals surface area contributed by atoms with Crippen LogP contribution in [0.4, 0.5) is 5.82 Å². The first-order chi connectivity index (χ1) is 8.61. The zero-order chi connectivity index (χ0) is 13.1. The minimum atomic E-state index is 0.570. The van der Waals surface area contributed by atoms with Crippen molar-refractivity contribution in [2.75, 3.05) is 32.1 Å². The van der Waals surface area contributed by atoms with E-state index in [1.807, 2.05) is 6.92 Å². The van der Waals surface area contributed by atoms with Crippen molar-refractivity contribution in [2.45, 2.75) is 32.4 Å². The van der Waals surface area contributed by atoms with Crippen LogP contribution in [0.15, 0.2) is 12.1 Å². The van der Waals surface area contributed by atoms with Crippen molar-refractivity contribution in [3.05, 3.63) is 23.4 Å². The molecule has 0 aliphatic carbocycles. The maximum absolute atomic E-state index is 5.69. The van der Waals surface area contributed by atoms with E-state index in [0.29, 0.717) is 12.6 Å². The molecule has 18 heavy (non-hydrogen) atoms. The van der Waals surface area contributed by atoms with Gasteiger partial charge in [0.2, 0.25) is 0 Å². The Balaban J connectivity index is 2.17. The minimum absolute atomic E-state index is 0.570. The number of aryl methyl sites for hydroxylation is 1. The summed E-state index contributed by atoms with van der Waals surface area (Å²) in [6, 6.07) is 4.82. The summed E-state index contributed by atoms with van der Waals surface area (Å²) in [6.07, 6.45) is 2.52. The maximum atomic E-state index is 5.69. The average molecular weight is 248 g/mol. The zero-order valence-electron chi connectivity index (χ0n) is 11.7. The second kappa shape index (κ2) is 5.67. The standard InChI is InChI=1S/C14H24N4/c1-11-12(9-15)6-7-14(16-11)18-8-4-5-13(18)10-17(2)3/h6-7,13H,4-5,8-10,15H2,1-3H3. The number of anilines is 1. The van der Waals surface area contributed by atoms with Gasteiger partial charge in [-0.3, -0.25) is 0 Å². The fraction of sp³-hybridized carbons (Fsp3) is 0.643. The molecule has 1 saturated heterocycles. The SMILES string of the molecule is Cc1nc(N2CCCC2CN(C)C)ccc1CN. The summed E-state index contributed by atoms with van der Waals surface area (Å²) < 4.78 is 0. The van der Waals surface area contributed by atoms with Crippen molar-refractivity contribution >= 4 is 5.82 Å². The Morgan fingerprint density at radius 3 is 2.83 bits per heavy atom. The van der Waals surface area contributed by atoms with E-state index in [9.17, 15) is 0 Å². The summed E-state index contributed by atoms with van der Waals surface area (Å²) in [5, 5.41) is 0. The fourth-order valence-electron chi connectivity index (χ4n) is 2.70. The van der Waals surface area contributed by atoms with Crippen LogP contribution in [0.2, 0.25) is 0 Å². The molecule has 1 fully saturated rings. The smallest absolute Gasteiger partial charge is 0.129 e. The molecule has 4 heteroatoms. The molecule has 0 spiro atoms. The van der Waals surface area contributed by atoms with Gasteiger partial charge in [0.05, 0.1) is 0 Å². The molecule has 1 aliphatic rings. The second-order valence-corrected chi connectivity index (χ2v) is 5.37. The monoisotopic (exact) mass is 248 g/mol. The van der Waals surface area contributed by atoms with Crippen molar-refractivity contribution in [3.63, 3.8) is 0 Å². The molecule has 1 unspecified atom stereocenters. The number of pyridine rings is 1. The molecule has 0 aromatic carbocycles. The quantitative estimate of drug-likeness (QED) is 0.874. The van der Waals surface area contributed by atoms with Gasteiger partial charge < -0.3 is 15.5 Å². The molecule has 0 amide bonds.